The molecule has 0 saturated carbocycles. The molecule has 0 bridgehead atoms. The van der Waals surface area contributed by atoms with Crippen LogP contribution in [0.2, 0.25) is 5.15 Å². The molecule has 3 heterocycles. The van der Waals surface area contributed by atoms with E-state index in [9.17, 15) is 13.2 Å². The number of carbonyl (C=O) groups excluding carboxylic acids is 1. The molecule has 0 aromatic carbocycles. The van der Waals surface area contributed by atoms with E-state index in [0.717, 1.165) is 4.68 Å². The Hall–Kier alpha value is -3.33. The van der Waals surface area contributed by atoms with Gasteiger partial charge in [0.1, 0.15) is 12.2 Å². The molecule has 0 aliphatic carbocycles. The Bertz CT molecular complexity index is 1080. The number of nitrogens with one attached hydrogen (secondary N) is 2. The van der Waals surface area contributed by atoms with Crippen molar-refractivity contribution in [1.82, 2.24) is 24.5 Å². The number of urea groups is 1. The molecule has 3 rings (SSSR count). The number of aromatic nitrogens is 4. The van der Waals surface area contributed by atoms with Crippen molar-refractivity contribution in [2.24, 2.45) is 12.2 Å². The van der Waals surface area contributed by atoms with Crippen molar-refractivity contribution in [2.75, 3.05) is 32.8 Å². The van der Waals surface area contributed by atoms with Crippen LogP contribution in [0.5, 0.6) is 11.8 Å². The summed E-state index contributed by atoms with van der Waals surface area (Å²) >= 11 is 6.03. The number of anilines is 1. The minimum atomic E-state index is -4.48. The summed E-state index contributed by atoms with van der Waals surface area (Å²) in [5, 5.41) is 9.01. The predicted octanol–water partition coefficient (Wildman–Crippen LogP) is 0.0995. The van der Waals surface area contributed by atoms with Crippen LogP contribution in [0.4, 0.5) is 10.7 Å². The van der Waals surface area contributed by atoms with E-state index < -0.39 is 21.1 Å². The van der Waals surface area contributed by atoms with Crippen molar-refractivity contribution in [3.8, 4) is 11.8 Å². The number of nitrogens with zero attached hydrogens (tertiary/aromatic N) is 5. The van der Waals surface area contributed by atoms with Gasteiger partial charge in [0.05, 0.1) is 20.3 Å². The number of ether oxygens (including phenoxy) is 3. The summed E-state index contributed by atoms with van der Waals surface area (Å²) in [6, 6.07) is 0.216. The molecule has 16 heteroatoms. The summed E-state index contributed by atoms with van der Waals surface area (Å²) in [6.07, 6.45) is 0. The number of sulfonamides is 1. The topological polar surface area (TPSA) is 168 Å². The van der Waals surface area contributed by atoms with Gasteiger partial charge in [0.15, 0.2) is 16.8 Å². The highest BCUT2D eigenvalue weighted by Crippen LogP contribution is 2.25. The minimum absolute atomic E-state index is 0.0909. The van der Waals surface area contributed by atoms with Gasteiger partial charge in [-0.2, -0.15) is 23.5 Å². The third kappa shape index (κ3) is 4.46. The van der Waals surface area contributed by atoms with Crippen molar-refractivity contribution in [1.29, 1.82) is 0 Å². The van der Waals surface area contributed by atoms with E-state index >= 15 is 0 Å². The average molecular weight is 462 g/mol. The largest absolute Gasteiger partial charge is 0.481 e. The maximum absolute atomic E-state index is 12.8. The van der Waals surface area contributed by atoms with Gasteiger partial charge in [0, 0.05) is 7.05 Å². The van der Waals surface area contributed by atoms with Gasteiger partial charge < -0.3 is 19.0 Å². The van der Waals surface area contributed by atoms with Crippen LogP contribution in [0.3, 0.4) is 0 Å². The SMILES string of the molecule is COc1cc(OC)nc(NC(=O)NS(=O)(=O)c2c(C3=NOCCO3)c(Cl)nn2C)n1. The molecule has 2 N–H and O–H groups in total. The zero-order valence-electron chi connectivity index (χ0n) is 15.9. The minimum Gasteiger partial charge on any atom is -0.481 e. The number of hydrogen-bond donors (Lipinski definition) is 2. The highest BCUT2D eigenvalue weighted by molar-refractivity contribution is 7.90. The molecule has 30 heavy (non-hydrogen) atoms. The highest BCUT2D eigenvalue weighted by atomic mass is 35.5. The Labute approximate surface area is 175 Å². The normalized spacial score (nSPS) is 13.5. The first-order valence-electron chi connectivity index (χ1n) is 8.11. The van der Waals surface area contributed by atoms with Crippen LogP contribution in [-0.2, 0) is 26.6 Å². The van der Waals surface area contributed by atoms with Crippen LogP contribution in [-0.4, -0.2) is 67.5 Å². The van der Waals surface area contributed by atoms with Crippen LogP contribution < -0.4 is 19.5 Å². The van der Waals surface area contributed by atoms with Crippen molar-refractivity contribution >= 4 is 39.5 Å². The Morgan fingerprint density at radius 3 is 2.47 bits per heavy atom. The second-order valence-corrected chi connectivity index (χ2v) is 7.46. The van der Waals surface area contributed by atoms with Crippen LogP contribution in [0.15, 0.2) is 16.2 Å². The molecule has 162 valence electrons. The Morgan fingerprint density at radius 2 is 1.90 bits per heavy atom. The molecule has 0 unspecified atom stereocenters. The summed E-state index contributed by atoms with van der Waals surface area (Å²) in [6.45, 7) is 0.320. The molecule has 2 aromatic rings. The number of carbonyl (C=O) groups is 1. The van der Waals surface area contributed by atoms with Crippen LogP contribution in [0.1, 0.15) is 5.56 Å². The first-order chi connectivity index (χ1) is 14.2. The van der Waals surface area contributed by atoms with Crippen molar-refractivity contribution < 1.29 is 32.3 Å². The zero-order valence-corrected chi connectivity index (χ0v) is 17.4. The third-order valence-corrected chi connectivity index (χ3v) is 5.23. The first-order valence-corrected chi connectivity index (χ1v) is 9.97. The van der Waals surface area contributed by atoms with E-state index in [1.54, 1.807) is 0 Å². The monoisotopic (exact) mass is 461 g/mol. The van der Waals surface area contributed by atoms with Crippen LogP contribution >= 0.6 is 11.6 Å². The number of amides is 2. The molecular weight excluding hydrogens is 446 g/mol. The molecule has 0 saturated heterocycles. The van der Waals surface area contributed by atoms with Crippen molar-refractivity contribution in [2.45, 2.75) is 5.03 Å². The molecule has 14 nitrogen and oxygen atoms in total. The number of hydrogen-bond acceptors (Lipinski definition) is 11. The first kappa shape index (κ1) is 21.4. The van der Waals surface area contributed by atoms with Gasteiger partial charge in [0.2, 0.25) is 17.7 Å². The van der Waals surface area contributed by atoms with E-state index in [-0.39, 0.29) is 47.5 Å². The summed E-state index contributed by atoms with van der Waals surface area (Å²) in [4.78, 5) is 25.0. The van der Waals surface area contributed by atoms with Gasteiger partial charge in [-0.15, -0.1) is 0 Å². The fraction of sp³-hybridized carbons (Fsp3) is 0.357. The van der Waals surface area contributed by atoms with Gasteiger partial charge in [0.25, 0.3) is 15.9 Å². The number of aryl methyl sites for hydroxylation is 1. The smallest absolute Gasteiger partial charge is 0.335 e. The van der Waals surface area contributed by atoms with Gasteiger partial charge in [-0.3, -0.25) is 10.00 Å². The second kappa shape index (κ2) is 8.58. The number of methoxy groups -OCH3 is 2. The molecule has 0 spiro atoms. The van der Waals surface area contributed by atoms with E-state index in [4.69, 9.17) is 30.6 Å². The molecule has 2 amide bonds. The Balaban J connectivity index is 1.87. The lowest BCUT2D eigenvalue weighted by molar-refractivity contribution is 0.0653. The lowest BCUT2D eigenvalue weighted by Gasteiger charge is -2.14. The summed E-state index contributed by atoms with van der Waals surface area (Å²) < 4.78 is 43.7. The van der Waals surface area contributed by atoms with E-state index in [0.29, 0.717) is 0 Å². The number of rotatable bonds is 6. The average Bonchev–Trinajstić information content (AvgIpc) is 3.02. The van der Waals surface area contributed by atoms with Gasteiger partial charge in [-0.25, -0.2) is 9.52 Å². The zero-order chi connectivity index (χ0) is 21.9. The molecule has 1 aliphatic rings. The van der Waals surface area contributed by atoms with Gasteiger partial charge in [-0.05, 0) is 5.16 Å². The van der Waals surface area contributed by atoms with Crippen LogP contribution in [0.25, 0.3) is 0 Å². The maximum atomic E-state index is 12.8. The molecule has 0 atom stereocenters. The Morgan fingerprint density at radius 1 is 1.23 bits per heavy atom. The molecule has 1 aliphatic heterocycles. The summed E-state index contributed by atoms with van der Waals surface area (Å²) in [5.74, 6) is -0.252. The molecule has 2 aromatic heterocycles. The van der Waals surface area contributed by atoms with Crippen molar-refractivity contribution in [3.05, 3.63) is 16.8 Å². The lowest BCUT2D eigenvalue weighted by Crippen LogP contribution is -2.36. The number of halogens is 1. The van der Waals surface area contributed by atoms with Crippen LogP contribution in [0, 0.1) is 0 Å². The molecular formula is C14H16ClN7O7S. The van der Waals surface area contributed by atoms with E-state index in [2.05, 4.69) is 25.5 Å². The van der Waals surface area contributed by atoms with Gasteiger partial charge in [-0.1, -0.05) is 11.6 Å². The fourth-order valence-electron chi connectivity index (χ4n) is 2.36. The molecule has 0 fully saturated rings. The summed E-state index contributed by atoms with van der Waals surface area (Å²) in [5.41, 5.74) is -0.154. The van der Waals surface area contributed by atoms with E-state index in [1.165, 1.54) is 27.3 Å². The predicted molar refractivity (Wildman–Crippen MR) is 101 cm³/mol. The summed E-state index contributed by atoms with van der Waals surface area (Å²) in [7, 11) is -0.458. The third-order valence-electron chi connectivity index (χ3n) is 3.53. The number of oxime groups is 1. The standard InChI is InChI=1S/C14H16ClN7O7S/c1-22-12(9(10(15)19-22)11-20-29-5-4-28-11)30(24,25)21-14(23)18-13-16-7(26-2)6-8(17-13)27-3/h6H,4-5H2,1-3H3,(H2,16,17,18,21,23). The van der Waals surface area contributed by atoms with E-state index in [1.807, 2.05) is 4.72 Å². The van der Waals surface area contributed by atoms with Crippen molar-refractivity contribution in [3.63, 3.8) is 0 Å². The Kier molecular flexibility index (Phi) is 6.12. The fourth-order valence-corrected chi connectivity index (χ4v) is 3.93. The lowest BCUT2D eigenvalue weighted by atomic mass is 10.3. The second-order valence-electron chi connectivity index (χ2n) is 5.51. The molecule has 0 radical (unpaired) electrons. The quantitative estimate of drug-likeness (QED) is 0.601. The van der Waals surface area contributed by atoms with Gasteiger partial charge >= 0.3 is 6.03 Å². The maximum Gasteiger partial charge on any atom is 0.335 e. The highest BCUT2D eigenvalue weighted by Gasteiger charge is 2.33.